The normalized spacial score (nSPS) is 10.3. The van der Waals surface area contributed by atoms with Crippen LogP contribution in [0.25, 0.3) is 0 Å². The molecule has 2 aromatic carbocycles. The van der Waals surface area contributed by atoms with E-state index in [1.54, 1.807) is 24.3 Å². The molecule has 98 valence electrons. The Morgan fingerprint density at radius 1 is 1.11 bits per heavy atom. The largest absolute Gasteiger partial charge is 0.322 e. The van der Waals surface area contributed by atoms with Crippen LogP contribution < -0.4 is 5.32 Å². The van der Waals surface area contributed by atoms with Crippen LogP contribution in [0, 0.1) is 5.82 Å². The van der Waals surface area contributed by atoms with Gasteiger partial charge in [-0.05, 0) is 36.4 Å². The van der Waals surface area contributed by atoms with E-state index in [1.807, 2.05) is 0 Å². The summed E-state index contributed by atoms with van der Waals surface area (Å²) in [6.07, 6.45) is 0. The third-order valence-electron chi connectivity index (χ3n) is 2.37. The van der Waals surface area contributed by atoms with Crippen LogP contribution >= 0.6 is 35.8 Å². The fourth-order valence-corrected chi connectivity index (χ4v) is 2.08. The summed E-state index contributed by atoms with van der Waals surface area (Å²) in [6, 6.07) is 9.25. The van der Waals surface area contributed by atoms with Gasteiger partial charge in [-0.15, -0.1) is 12.6 Å². The number of carbonyl (C=O) groups excluding carboxylic acids is 1. The monoisotopic (exact) mass is 315 g/mol. The fourth-order valence-electron chi connectivity index (χ4n) is 1.44. The van der Waals surface area contributed by atoms with Gasteiger partial charge in [0, 0.05) is 16.1 Å². The van der Waals surface area contributed by atoms with Gasteiger partial charge in [0.25, 0.3) is 5.91 Å². The quantitative estimate of drug-likeness (QED) is 0.612. The van der Waals surface area contributed by atoms with Gasteiger partial charge in [0.15, 0.2) is 5.82 Å². The highest BCUT2D eigenvalue weighted by Crippen LogP contribution is 2.27. The molecule has 0 spiro atoms. The molecule has 0 bridgehead atoms. The average molecular weight is 316 g/mol. The number of amides is 1. The van der Waals surface area contributed by atoms with Crippen molar-refractivity contribution in [3.8, 4) is 0 Å². The number of hydrogen-bond acceptors (Lipinski definition) is 2. The first-order chi connectivity index (χ1) is 8.97. The number of thiol groups is 1. The molecule has 0 atom stereocenters. The summed E-state index contributed by atoms with van der Waals surface area (Å²) >= 11 is 15.4. The number of carbonyl (C=O) groups is 1. The van der Waals surface area contributed by atoms with Crippen molar-refractivity contribution in [2.24, 2.45) is 0 Å². The van der Waals surface area contributed by atoms with E-state index >= 15 is 0 Å². The predicted octanol–water partition coefficient (Wildman–Crippen LogP) is 4.67. The Morgan fingerprint density at radius 2 is 1.63 bits per heavy atom. The fraction of sp³-hybridized carbons (Fsp3) is 0. The molecule has 1 amide bonds. The van der Waals surface area contributed by atoms with Crippen LogP contribution in [0.4, 0.5) is 10.1 Å². The third kappa shape index (κ3) is 3.41. The third-order valence-corrected chi connectivity index (χ3v) is 3.22. The Kier molecular flexibility index (Phi) is 4.34. The molecule has 2 aromatic rings. The minimum atomic E-state index is -0.708. The van der Waals surface area contributed by atoms with Crippen LogP contribution in [0.15, 0.2) is 41.3 Å². The molecule has 19 heavy (non-hydrogen) atoms. The standard InChI is InChI=1S/C13H8Cl2FNOS/c14-10-5-8(6-11(15)12(10)16)17-13(18)7-1-3-9(19)4-2-7/h1-6,19H,(H,17,18). The van der Waals surface area contributed by atoms with E-state index in [2.05, 4.69) is 17.9 Å². The topological polar surface area (TPSA) is 29.1 Å². The van der Waals surface area contributed by atoms with Crippen LogP contribution in [0.1, 0.15) is 10.4 Å². The van der Waals surface area contributed by atoms with Gasteiger partial charge in [-0.25, -0.2) is 4.39 Å². The van der Waals surface area contributed by atoms with E-state index in [9.17, 15) is 9.18 Å². The number of anilines is 1. The molecule has 2 nitrogen and oxygen atoms in total. The van der Waals surface area contributed by atoms with E-state index in [1.165, 1.54) is 12.1 Å². The first-order valence-electron chi connectivity index (χ1n) is 5.22. The number of rotatable bonds is 2. The summed E-state index contributed by atoms with van der Waals surface area (Å²) < 4.78 is 13.2. The molecule has 0 aliphatic heterocycles. The zero-order chi connectivity index (χ0) is 14.0. The van der Waals surface area contributed by atoms with Gasteiger partial charge in [-0.3, -0.25) is 4.79 Å². The summed E-state index contributed by atoms with van der Waals surface area (Å²) in [7, 11) is 0. The van der Waals surface area contributed by atoms with E-state index in [4.69, 9.17) is 23.2 Å². The predicted molar refractivity (Wildman–Crippen MR) is 78.1 cm³/mol. The maximum atomic E-state index is 13.2. The van der Waals surface area contributed by atoms with Crippen molar-refractivity contribution in [3.05, 3.63) is 57.8 Å². The molecule has 0 heterocycles. The second-order valence-electron chi connectivity index (χ2n) is 3.75. The van der Waals surface area contributed by atoms with Gasteiger partial charge >= 0.3 is 0 Å². The molecule has 0 aromatic heterocycles. The van der Waals surface area contributed by atoms with Crippen molar-refractivity contribution in [2.75, 3.05) is 5.32 Å². The molecule has 0 fully saturated rings. The number of nitrogens with one attached hydrogen (secondary N) is 1. The molecule has 1 N–H and O–H groups in total. The zero-order valence-electron chi connectivity index (χ0n) is 9.45. The molecule has 0 saturated heterocycles. The summed E-state index contributed by atoms with van der Waals surface area (Å²) in [5.41, 5.74) is 0.783. The lowest BCUT2D eigenvalue weighted by Gasteiger charge is -2.07. The van der Waals surface area contributed by atoms with Crippen molar-refractivity contribution in [1.29, 1.82) is 0 Å². The molecular formula is C13H8Cl2FNOS. The molecule has 2 rings (SSSR count). The van der Waals surface area contributed by atoms with Crippen molar-refractivity contribution in [2.45, 2.75) is 4.90 Å². The molecule has 0 radical (unpaired) electrons. The van der Waals surface area contributed by atoms with Crippen LogP contribution in [0.3, 0.4) is 0 Å². The maximum Gasteiger partial charge on any atom is 0.255 e. The van der Waals surface area contributed by atoms with Crippen LogP contribution in [0.2, 0.25) is 10.0 Å². The second-order valence-corrected chi connectivity index (χ2v) is 5.09. The molecule has 0 aliphatic rings. The summed E-state index contributed by atoms with van der Waals surface area (Å²) in [5.74, 6) is -1.05. The van der Waals surface area contributed by atoms with Crippen molar-refractivity contribution < 1.29 is 9.18 Å². The van der Waals surface area contributed by atoms with Gasteiger partial charge in [0.05, 0.1) is 10.0 Å². The van der Waals surface area contributed by atoms with Gasteiger partial charge < -0.3 is 5.32 Å². The van der Waals surface area contributed by atoms with E-state index in [-0.39, 0.29) is 16.0 Å². The highest BCUT2D eigenvalue weighted by atomic mass is 35.5. The molecule has 0 unspecified atom stereocenters. The summed E-state index contributed by atoms with van der Waals surface area (Å²) in [6.45, 7) is 0. The van der Waals surface area contributed by atoms with E-state index in [0.717, 1.165) is 4.90 Å². The minimum absolute atomic E-state index is 0.145. The Balaban J connectivity index is 2.22. The van der Waals surface area contributed by atoms with E-state index in [0.29, 0.717) is 11.3 Å². The van der Waals surface area contributed by atoms with Crippen molar-refractivity contribution in [3.63, 3.8) is 0 Å². The summed E-state index contributed by atoms with van der Waals surface area (Å²) in [4.78, 5) is 12.7. The lowest BCUT2D eigenvalue weighted by molar-refractivity contribution is 0.102. The van der Waals surface area contributed by atoms with Crippen LogP contribution in [0.5, 0.6) is 0 Å². The van der Waals surface area contributed by atoms with Crippen molar-refractivity contribution in [1.82, 2.24) is 0 Å². The Bertz CT molecular complexity index is 608. The number of hydrogen-bond donors (Lipinski definition) is 2. The van der Waals surface area contributed by atoms with Crippen LogP contribution in [-0.2, 0) is 0 Å². The van der Waals surface area contributed by atoms with Gasteiger partial charge in [0.1, 0.15) is 0 Å². The van der Waals surface area contributed by atoms with Gasteiger partial charge in [-0.1, -0.05) is 23.2 Å². The Labute approximate surface area is 124 Å². The lowest BCUT2D eigenvalue weighted by atomic mass is 10.2. The highest BCUT2D eigenvalue weighted by molar-refractivity contribution is 7.80. The van der Waals surface area contributed by atoms with Crippen LogP contribution in [-0.4, -0.2) is 5.91 Å². The SMILES string of the molecule is O=C(Nc1cc(Cl)c(F)c(Cl)c1)c1ccc(S)cc1. The molecule has 0 aliphatic carbocycles. The number of halogens is 3. The summed E-state index contributed by atoms with van der Waals surface area (Å²) in [5, 5.41) is 2.30. The Morgan fingerprint density at radius 3 is 2.16 bits per heavy atom. The van der Waals surface area contributed by atoms with Gasteiger partial charge in [-0.2, -0.15) is 0 Å². The molecule has 0 saturated carbocycles. The van der Waals surface area contributed by atoms with Gasteiger partial charge in [0.2, 0.25) is 0 Å². The molecule has 6 heteroatoms. The maximum absolute atomic E-state index is 13.2. The zero-order valence-corrected chi connectivity index (χ0v) is 11.9. The second kappa shape index (κ2) is 5.82. The average Bonchev–Trinajstić information content (AvgIpc) is 2.36. The minimum Gasteiger partial charge on any atom is -0.322 e. The first kappa shape index (κ1) is 14.2. The molecular weight excluding hydrogens is 308 g/mol. The highest BCUT2D eigenvalue weighted by Gasteiger charge is 2.10. The first-order valence-corrected chi connectivity index (χ1v) is 6.42. The smallest absolute Gasteiger partial charge is 0.255 e. The lowest BCUT2D eigenvalue weighted by Crippen LogP contribution is -2.11. The number of benzene rings is 2. The Hall–Kier alpha value is -1.23. The van der Waals surface area contributed by atoms with E-state index < -0.39 is 5.82 Å². The van der Waals surface area contributed by atoms with Crippen molar-refractivity contribution >= 4 is 47.4 Å².